The van der Waals surface area contributed by atoms with Crippen molar-refractivity contribution in [3.05, 3.63) is 28.1 Å². The van der Waals surface area contributed by atoms with Gasteiger partial charge in [0.15, 0.2) is 6.10 Å². The highest BCUT2D eigenvalue weighted by molar-refractivity contribution is 7.11. The van der Waals surface area contributed by atoms with E-state index in [-0.39, 0.29) is 25.7 Å². The van der Waals surface area contributed by atoms with Gasteiger partial charge in [0, 0.05) is 17.0 Å². The number of esters is 1. The van der Waals surface area contributed by atoms with Gasteiger partial charge in [-0.2, -0.15) is 0 Å². The van der Waals surface area contributed by atoms with Gasteiger partial charge in [0.25, 0.3) is 5.91 Å². The maximum Gasteiger partial charge on any atom is 0.326 e. The van der Waals surface area contributed by atoms with E-state index in [1.54, 1.807) is 11.3 Å². The minimum atomic E-state index is -0.633. The van der Waals surface area contributed by atoms with Gasteiger partial charge in [0.05, 0.1) is 36.2 Å². The van der Waals surface area contributed by atoms with Crippen LogP contribution >= 0.6 is 11.3 Å². The average Bonchev–Trinajstić information content (AvgIpc) is 3.12. The summed E-state index contributed by atoms with van der Waals surface area (Å²) in [6.07, 6.45) is -0.129. The maximum absolute atomic E-state index is 13.0. The number of rotatable bonds is 11. The van der Waals surface area contributed by atoms with Crippen molar-refractivity contribution in [1.29, 1.82) is 0 Å². The number of aromatic nitrogens is 1. The molecule has 32 heavy (non-hydrogen) atoms. The molecule has 3 rings (SSSR count). The Morgan fingerprint density at radius 3 is 2.59 bits per heavy atom. The number of hydrogen-bond acceptors (Lipinski definition) is 8. The van der Waals surface area contributed by atoms with Gasteiger partial charge in [-0.15, -0.1) is 11.3 Å². The molecular weight excluding hydrogens is 432 g/mol. The average molecular weight is 463 g/mol. The first-order chi connectivity index (χ1) is 15.4. The molecule has 1 amide bonds. The van der Waals surface area contributed by atoms with Crippen molar-refractivity contribution in [3.63, 3.8) is 0 Å². The highest BCUT2D eigenvalue weighted by Crippen LogP contribution is 2.39. The van der Waals surface area contributed by atoms with Crippen molar-refractivity contribution in [3.8, 4) is 17.0 Å². The summed E-state index contributed by atoms with van der Waals surface area (Å²) in [6.45, 7) is 9.54. The van der Waals surface area contributed by atoms with Crippen molar-refractivity contribution in [2.24, 2.45) is 0 Å². The lowest BCUT2D eigenvalue weighted by Gasteiger charge is -2.33. The van der Waals surface area contributed by atoms with Crippen LogP contribution in [-0.2, 0) is 23.8 Å². The molecule has 174 valence electrons. The summed E-state index contributed by atoms with van der Waals surface area (Å²) in [5.41, 5.74) is 2.29. The molecule has 0 N–H and O–H groups in total. The van der Waals surface area contributed by atoms with Crippen molar-refractivity contribution in [2.75, 3.05) is 44.5 Å². The Bertz CT molecular complexity index is 945. The Kier molecular flexibility index (Phi) is 8.60. The molecule has 0 spiro atoms. The largest absolute Gasteiger partial charge is 0.478 e. The number of fused-ring (bicyclic) bond motifs is 1. The third kappa shape index (κ3) is 5.85. The van der Waals surface area contributed by atoms with E-state index in [0.29, 0.717) is 37.7 Å². The molecule has 0 radical (unpaired) electrons. The second-order valence-corrected chi connectivity index (χ2v) is 8.70. The number of aryl methyl sites for hydroxylation is 2. The van der Waals surface area contributed by atoms with E-state index >= 15 is 0 Å². The van der Waals surface area contributed by atoms with E-state index in [2.05, 4.69) is 4.98 Å². The van der Waals surface area contributed by atoms with Crippen LogP contribution < -0.4 is 9.64 Å². The molecule has 1 unspecified atom stereocenters. The van der Waals surface area contributed by atoms with Crippen LogP contribution in [0.4, 0.5) is 5.69 Å². The molecule has 0 bridgehead atoms. The van der Waals surface area contributed by atoms with Crippen LogP contribution in [-0.4, -0.2) is 62.5 Å². The van der Waals surface area contributed by atoms with Crippen molar-refractivity contribution < 1.29 is 28.5 Å². The molecule has 9 heteroatoms. The molecule has 2 aromatic rings. The van der Waals surface area contributed by atoms with Crippen molar-refractivity contribution >= 4 is 28.9 Å². The van der Waals surface area contributed by atoms with Crippen LogP contribution in [0.2, 0.25) is 0 Å². The molecule has 1 aliphatic rings. The first kappa shape index (κ1) is 24.2. The van der Waals surface area contributed by atoms with Crippen molar-refractivity contribution in [2.45, 2.75) is 40.2 Å². The smallest absolute Gasteiger partial charge is 0.326 e. The number of amides is 1. The lowest BCUT2D eigenvalue weighted by molar-refractivity contribution is -0.145. The molecule has 1 aromatic carbocycles. The first-order valence-corrected chi connectivity index (χ1v) is 11.6. The zero-order valence-corrected chi connectivity index (χ0v) is 19.8. The first-order valence-electron chi connectivity index (χ1n) is 10.8. The van der Waals surface area contributed by atoms with Gasteiger partial charge < -0.3 is 18.9 Å². The summed E-state index contributed by atoms with van der Waals surface area (Å²) in [6, 6.07) is 5.61. The van der Waals surface area contributed by atoms with E-state index in [0.717, 1.165) is 21.1 Å². The van der Waals surface area contributed by atoms with E-state index in [4.69, 9.17) is 18.9 Å². The van der Waals surface area contributed by atoms with E-state index < -0.39 is 12.1 Å². The van der Waals surface area contributed by atoms with Crippen LogP contribution in [0.5, 0.6) is 5.75 Å². The fourth-order valence-electron chi connectivity index (χ4n) is 3.44. The second kappa shape index (κ2) is 11.4. The SMILES string of the molecule is CCOCCOCCOC(=O)CN1C(=O)C(CC)Oc2ccc(-c3nc(C)sc3C)cc21. The molecule has 0 saturated heterocycles. The summed E-state index contributed by atoms with van der Waals surface area (Å²) in [4.78, 5) is 32.6. The van der Waals surface area contributed by atoms with Crippen LogP contribution in [0.3, 0.4) is 0 Å². The zero-order chi connectivity index (χ0) is 23.1. The van der Waals surface area contributed by atoms with Gasteiger partial charge in [0.2, 0.25) is 0 Å². The molecule has 2 heterocycles. The Labute approximate surface area is 192 Å². The van der Waals surface area contributed by atoms with E-state index in [9.17, 15) is 9.59 Å². The molecular formula is C23H30N2O6S. The number of hydrogen-bond donors (Lipinski definition) is 0. The number of thiazole rings is 1. The number of anilines is 1. The summed E-state index contributed by atoms with van der Waals surface area (Å²) in [7, 11) is 0. The minimum Gasteiger partial charge on any atom is -0.478 e. The Hall–Kier alpha value is -2.49. The minimum absolute atomic E-state index is 0.116. The van der Waals surface area contributed by atoms with Crippen LogP contribution in [0.15, 0.2) is 18.2 Å². The molecule has 1 aliphatic heterocycles. The van der Waals surface area contributed by atoms with Crippen LogP contribution in [0, 0.1) is 13.8 Å². The van der Waals surface area contributed by atoms with Gasteiger partial charge >= 0.3 is 5.97 Å². The second-order valence-electron chi connectivity index (χ2n) is 7.29. The summed E-state index contributed by atoms with van der Waals surface area (Å²) >= 11 is 1.62. The monoisotopic (exact) mass is 462 g/mol. The van der Waals surface area contributed by atoms with Gasteiger partial charge in [-0.3, -0.25) is 14.5 Å². The highest BCUT2D eigenvalue weighted by Gasteiger charge is 2.35. The number of benzene rings is 1. The van der Waals surface area contributed by atoms with Gasteiger partial charge in [-0.05, 0) is 45.4 Å². The molecule has 1 aromatic heterocycles. The van der Waals surface area contributed by atoms with Crippen molar-refractivity contribution in [1.82, 2.24) is 4.98 Å². The van der Waals surface area contributed by atoms with Gasteiger partial charge in [-0.1, -0.05) is 6.92 Å². The number of ether oxygens (including phenoxy) is 4. The third-order valence-electron chi connectivity index (χ3n) is 4.96. The molecule has 8 nitrogen and oxygen atoms in total. The van der Waals surface area contributed by atoms with E-state index in [1.165, 1.54) is 4.90 Å². The summed E-state index contributed by atoms with van der Waals surface area (Å²) in [5, 5.41) is 0.970. The Morgan fingerprint density at radius 2 is 1.91 bits per heavy atom. The molecule has 0 aliphatic carbocycles. The van der Waals surface area contributed by atoms with Crippen LogP contribution in [0.1, 0.15) is 30.2 Å². The summed E-state index contributed by atoms with van der Waals surface area (Å²) in [5.74, 6) is -0.189. The van der Waals surface area contributed by atoms with E-state index in [1.807, 2.05) is 45.9 Å². The quantitative estimate of drug-likeness (QED) is 0.373. The standard InChI is InChI=1S/C23H30N2O6S/c1-5-19-23(27)25(14-21(26)30-12-11-29-10-9-28-6-2)18-13-17(7-8-20(18)31-19)22-15(3)32-16(4)24-22/h7-8,13,19H,5-6,9-12,14H2,1-4H3. The fraction of sp³-hybridized carbons (Fsp3) is 0.522. The number of carbonyl (C=O) groups is 2. The normalized spacial score (nSPS) is 15.4. The van der Waals surface area contributed by atoms with Gasteiger partial charge in [0.1, 0.15) is 18.9 Å². The zero-order valence-electron chi connectivity index (χ0n) is 19.0. The van der Waals surface area contributed by atoms with Crippen LogP contribution in [0.25, 0.3) is 11.3 Å². The molecule has 1 atom stereocenters. The fourth-order valence-corrected chi connectivity index (χ4v) is 4.28. The predicted octanol–water partition coefficient (Wildman–Crippen LogP) is 3.53. The lowest BCUT2D eigenvalue weighted by Crippen LogP contribution is -2.48. The topological polar surface area (TPSA) is 87.2 Å². The maximum atomic E-state index is 13.0. The molecule has 0 saturated carbocycles. The number of carbonyl (C=O) groups excluding carboxylic acids is 2. The summed E-state index contributed by atoms with van der Waals surface area (Å²) < 4.78 is 21.7. The Balaban J connectivity index is 1.71. The number of nitrogens with zero attached hydrogens (tertiary/aromatic N) is 2. The van der Waals surface area contributed by atoms with Gasteiger partial charge in [-0.25, -0.2) is 4.98 Å². The predicted molar refractivity (Wildman–Crippen MR) is 122 cm³/mol. The molecule has 0 fully saturated rings. The lowest BCUT2D eigenvalue weighted by atomic mass is 10.1. The Morgan fingerprint density at radius 1 is 1.16 bits per heavy atom. The highest BCUT2D eigenvalue weighted by atomic mass is 32.1. The third-order valence-corrected chi connectivity index (χ3v) is 5.85.